The molecule has 126 valence electrons. The van der Waals surface area contributed by atoms with Crippen LogP contribution in [0.3, 0.4) is 0 Å². The minimum Gasteiger partial charge on any atom is -0.454 e. The first-order valence-electron chi connectivity index (χ1n) is 8.08. The molecule has 2 aliphatic rings. The van der Waals surface area contributed by atoms with Crippen LogP contribution in [0.4, 0.5) is 0 Å². The number of amides is 1. The van der Waals surface area contributed by atoms with Crippen molar-refractivity contribution in [2.24, 2.45) is 4.99 Å². The van der Waals surface area contributed by atoms with Crippen LogP contribution in [0.1, 0.15) is 37.9 Å². The summed E-state index contributed by atoms with van der Waals surface area (Å²) in [6, 6.07) is 14.7. The molecule has 5 nitrogen and oxygen atoms in total. The first-order chi connectivity index (χ1) is 12.2. The first-order valence-corrected chi connectivity index (χ1v) is 9.07. The molecule has 0 radical (unpaired) electrons. The fourth-order valence-electron chi connectivity index (χ4n) is 2.97. The van der Waals surface area contributed by atoms with Gasteiger partial charge < -0.3 is 10.1 Å². The molecule has 0 aliphatic carbocycles. The SMILES string of the molecule is O=C(NC1=NCCS1)c1ccc2c(c1)C[C@H](c1ccccc1)OC2=O. The van der Waals surface area contributed by atoms with Gasteiger partial charge in [0, 0.05) is 17.7 Å². The van der Waals surface area contributed by atoms with E-state index in [1.165, 1.54) is 11.8 Å². The zero-order chi connectivity index (χ0) is 17.2. The number of thioether (sulfide) groups is 1. The summed E-state index contributed by atoms with van der Waals surface area (Å²) in [5, 5.41) is 3.47. The van der Waals surface area contributed by atoms with Crippen LogP contribution in [0, 0.1) is 0 Å². The van der Waals surface area contributed by atoms with Crippen LogP contribution < -0.4 is 5.32 Å². The Morgan fingerprint density at radius 3 is 2.80 bits per heavy atom. The van der Waals surface area contributed by atoms with Gasteiger partial charge in [0.25, 0.3) is 5.91 Å². The van der Waals surface area contributed by atoms with Crippen LogP contribution in [0.25, 0.3) is 0 Å². The number of hydrogen-bond donors (Lipinski definition) is 1. The molecular weight excluding hydrogens is 336 g/mol. The van der Waals surface area contributed by atoms with Gasteiger partial charge in [0.1, 0.15) is 6.10 Å². The Hall–Kier alpha value is -2.60. The lowest BCUT2D eigenvalue weighted by Crippen LogP contribution is -2.28. The van der Waals surface area contributed by atoms with Crippen LogP contribution in [-0.2, 0) is 11.2 Å². The van der Waals surface area contributed by atoms with E-state index in [4.69, 9.17) is 4.74 Å². The third-order valence-corrected chi connectivity index (χ3v) is 5.11. The predicted molar refractivity (Wildman–Crippen MR) is 97.0 cm³/mol. The van der Waals surface area contributed by atoms with Crippen molar-refractivity contribution in [1.82, 2.24) is 5.32 Å². The molecule has 2 aliphatic heterocycles. The number of rotatable bonds is 2. The van der Waals surface area contributed by atoms with E-state index in [2.05, 4.69) is 10.3 Å². The second kappa shape index (κ2) is 6.72. The number of nitrogens with zero attached hydrogens (tertiary/aromatic N) is 1. The molecule has 0 saturated heterocycles. The summed E-state index contributed by atoms with van der Waals surface area (Å²) in [6.45, 7) is 0.731. The summed E-state index contributed by atoms with van der Waals surface area (Å²) in [5.41, 5.74) is 2.83. The largest absolute Gasteiger partial charge is 0.454 e. The van der Waals surface area contributed by atoms with Crippen LogP contribution in [0.2, 0.25) is 0 Å². The van der Waals surface area contributed by atoms with Crippen molar-refractivity contribution in [2.75, 3.05) is 12.3 Å². The van der Waals surface area contributed by atoms with Gasteiger partial charge >= 0.3 is 5.97 Å². The maximum Gasteiger partial charge on any atom is 0.339 e. The van der Waals surface area contributed by atoms with Gasteiger partial charge in [-0.05, 0) is 29.3 Å². The van der Waals surface area contributed by atoms with E-state index in [-0.39, 0.29) is 18.0 Å². The number of esters is 1. The molecule has 1 N–H and O–H groups in total. The highest BCUT2D eigenvalue weighted by molar-refractivity contribution is 8.14. The number of carbonyl (C=O) groups is 2. The van der Waals surface area contributed by atoms with Gasteiger partial charge in [0.05, 0.1) is 12.1 Å². The summed E-state index contributed by atoms with van der Waals surface area (Å²) >= 11 is 1.54. The van der Waals surface area contributed by atoms with E-state index in [1.807, 2.05) is 30.3 Å². The molecule has 0 fully saturated rings. The fourth-order valence-corrected chi connectivity index (χ4v) is 3.69. The molecule has 6 heteroatoms. The average molecular weight is 352 g/mol. The molecule has 0 aromatic heterocycles. The summed E-state index contributed by atoms with van der Waals surface area (Å²) in [6.07, 6.45) is 0.233. The quantitative estimate of drug-likeness (QED) is 0.844. The van der Waals surface area contributed by atoms with E-state index < -0.39 is 0 Å². The van der Waals surface area contributed by atoms with Crippen molar-refractivity contribution in [2.45, 2.75) is 12.5 Å². The smallest absolute Gasteiger partial charge is 0.339 e. The van der Waals surface area contributed by atoms with Gasteiger partial charge in [0.15, 0.2) is 5.17 Å². The lowest BCUT2D eigenvalue weighted by atomic mass is 9.93. The molecule has 0 unspecified atom stereocenters. The minimum absolute atomic E-state index is 0.203. The van der Waals surface area contributed by atoms with Crippen LogP contribution in [-0.4, -0.2) is 29.3 Å². The summed E-state index contributed by atoms with van der Waals surface area (Å²) in [5.74, 6) is 0.341. The Kier molecular flexibility index (Phi) is 4.28. The van der Waals surface area contributed by atoms with Crippen molar-refractivity contribution in [3.05, 3.63) is 70.8 Å². The van der Waals surface area contributed by atoms with E-state index in [1.54, 1.807) is 18.2 Å². The molecule has 0 bridgehead atoms. The van der Waals surface area contributed by atoms with Gasteiger partial charge in [-0.2, -0.15) is 0 Å². The standard InChI is InChI=1S/C19H16N2O3S/c22-17(21-19-20-8-9-25-19)13-6-7-15-14(10-13)11-16(24-18(15)23)12-4-2-1-3-5-12/h1-7,10,16H,8-9,11H2,(H,20,21,22)/t16-/m1/s1. The number of carbonyl (C=O) groups excluding carboxylic acids is 2. The van der Waals surface area contributed by atoms with Crippen molar-refractivity contribution in [3.63, 3.8) is 0 Å². The van der Waals surface area contributed by atoms with Crippen molar-refractivity contribution in [1.29, 1.82) is 0 Å². The van der Waals surface area contributed by atoms with Gasteiger partial charge in [-0.25, -0.2) is 4.79 Å². The number of ether oxygens (including phenoxy) is 1. The van der Waals surface area contributed by atoms with Crippen LogP contribution in [0.15, 0.2) is 53.5 Å². The normalized spacial score (nSPS) is 19.0. The number of nitrogens with one attached hydrogen (secondary N) is 1. The summed E-state index contributed by atoms with van der Waals surface area (Å²) in [4.78, 5) is 28.9. The zero-order valence-corrected chi connectivity index (χ0v) is 14.2. The maximum absolute atomic E-state index is 12.4. The second-order valence-corrected chi connectivity index (χ2v) is 6.95. The highest BCUT2D eigenvalue weighted by Crippen LogP contribution is 2.31. The molecular formula is C19H16N2O3S. The van der Waals surface area contributed by atoms with Crippen LogP contribution >= 0.6 is 11.8 Å². The predicted octanol–water partition coefficient (Wildman–Crippen LogP) is 2.97. The Morgan fingerprint density at radius 1 is 1.20 bits per heavy atom. The molecule has 2 aromatic rings. The molecule has 4 rings (SSSR count). The van der Waals surface area contributed by atoms with Gasteiger partial charge in [-0.3, -0.25) is 9.79 Å². The summed E-state index contributed by atoms with van der Waals surface area (Å²) < 4.78 is 5.54. The molecule has 0 spiro atoms. The highest BCUT2D eigenvalue weighted by Gasteiger charge is 2.28. The topological polar surface area (TPSA) is 67.8 Å². The minimum atomic E-state index is -0.349. The molecule has 0 saturated carbocycles. The van der Waals surface area contributed by atoms with Gasteiger partial charge in [-0.15, -0.1) is 0 Å². The molecule has 2 heterocycles. The Balaban J connectivity index is 1.59. The number of hydrogen-bond acceptors (Lipinski definition) is 5. The van der Waals surface area contributed by atoms with Crippen molar-refractivity contribution < 1.29 is 14.3 Å². The highest BCUT2D eigenvalue weighted by atomic mass is 32.2. The van der Waals surface area contributed by atoms with Crippen LogP contribution in [0.5, 0.6) is 0 Å². The lowest BCUT2D eigenvalue weighted by molar-refractivity contribution is 0.0252. The van der Waals surface area contributed by atoms with E-state index in [0.717, 1.165) is 23.4 Å². The van der Waals surface area contributed by atoms with E-state index in [0.29, 0.717) is 22.7 Å². The zero-order valence-electron chi connectivity index (χ0n) is 13.4. The fraction of sp³-hybridized carbons (Fsp3) is 0.211. The van der Waals surface area contributed by atoms with E-state index in [9.17, 15) is 9.59 Å². The Labute approximate surface area is 149 Å². The van der Waals surface area contributed by atoms with E-state index >= 15 is 0 Å². The Bertz CT molecular complexity index is 864. The monoisotopic (exact) mass is 352 g/mol. The first kappa shape index (κ1) is 15.9. The lowest BCUT2D eigenvalue weighted by Gasteiger charge is -2.25. The Morgan fingerprint density at radius 2 is 2.04 bits per heavy atom. The third kappa shape index (κ3) is 3.30. The van der Waals surface area contributed by atoms with Gasteiger partial charge in [-0.1, -0.05) is 42.1 Å². The number of cyclic esters (lactones) is 1. The molecule has 1 amide bonds. The number of amidine groups is 1. The van der Waals surface area contributed by atoms with Crippen molar-refractivity contribution in [3.8, 4) is 0 Å². The average Bonchev–Trinajstić information content (AvgIpc) is 3.15. The van der Waals surface area contributed by atoms with Crippen molar-refractivity contribution >= 4 is 28.8 Å². The number of aliphatic imine (C=N–C) groups is 1. The molecule has 25 heavy (non-hydrogen) atoms. The number of benzene rings is 2. The number of fused-ring (bicyclic) bond motifs is 1. The second-order valence-electron chi connectivity index (χ2n) is 5.87. The third-order valence-electron chi connectivity index (χ3n) is 4.22. The molecule has 2 aromatic carbocycles. The maximum atomic E-state index is 12.4. The molecule has 1 atom stereocenters. The summed E-state index contributed by atoms with van der Waals surface area (Å²) in [7, 11) is 0. The van der Waals surface area contributed by atoms with Gasteiger partial charge in [0.2, 0.25) is 0 Å².